The predicted molar refractivity (Wildman–Crippen MR) is 62.6 cm³/mol. The van der Waals surface area contributed by atoms with Gasteiger partial charge in [-0.05, 0) is 13.0 Å². The molecule has 0 aromatic carbocycles. The van der Waals surface area contributed by atoms with Crippen molar-refractivity contribution in [1.82, 2.24) is 14.2 Å². The summed E-state index contributed by atoms with van der Waals surface area (Å²) in [7, 11) is 1.93. The first-order chi connectivity index (χ1) is 7.67. The molecule has 0 fully saturated rings. The number of hydrogen-bond donors (Lipinski definition) is 1. The minimum atomic E-state index is -0.0868. The second kappa shape index (κ2) is 4.09. The van der Waals surface area contributed by atoms with Crippen LogP contribution in [0.3, 0.4) is 0 Å². The number of rotatable bonds is 3. The number of nitrogens with zero attached hydrogens (tertiary/aromatic N) is 3. The Kier molecular flexibility index (Phi) is 2.78. The van der Waals surface area contributed by atoms with Gasteiger partial charge in [-0.25, -0.2) is 0 Å². The van der Waals surface area contributed by atoms with E-state index < -0.39 is 0 Å². The van der Waals surface area contributed by atoms with Crippen LogP contribution in [-0.4, -0.2) is 20.7 Å². The van der Waals surface area contributed by atoms with Gasteiger partial charge in [0.1, 0.15) is 5.65 Å². The van der Waals surface area contributed by atoms with Crippen molar-refractivity contribution >= 4 is 5.65 Å². The Hall–Kier alpha value is -1.62. The molecule has 0 aliphatic rings. The minimum Gasteiger partial charge on any atom is -0.333 e. The van der Waals surface area contributed by atoms with E-state index >= 15 is 0 Å². The van der Waals surface area contributed by atoms with E-state index in [1.807, 2.05) is 24.6 Å². The number of hydrogen-bond acceptors (Lipinski definition) is 3. The van der Waals surface area contributed by atoms with Crippen LogP contribution < -0.4 is 11.3 Å². The average molecular weight is 220 g/mol. The smallest absolute Gasteiger partial charge is 0.274 e. The van der Waals surface area contributed by atoms with Crippen LogP contribution in [0.1, 0.15) is 18.3 Å². The van der Waals surface area contributed by atoms with E-state index in [1.54, 1.807) is 6.07 Å². The van der Waals surface area contributed by atoms with E-state index in [2.05, 4.69) is 5.10 Å². The van der Waals surface area contributed by atoms with Crippen molar-refractivity contribution in [3.8, 4) is 0 Å². The van der Waals surface area contributed by atoms with Gasteiger partial charge in [0, 0.05) is 31.3 Å². The van der Waals surface area contributed by atoms with Crippen molar-refractivity contribution in [2.75, 3.05) is 6.54 Å². The van der Waals surface area contributed by atoms with Crippen molar-refractivity contribution in [3.05, 3.63) is 33.9 Å². The maximum absolute atomic E-state index is 11.8. The zero-order chi connectivity index (χ0) is 11.7. The molecule has 0 radical (unpaired) electrons. The van der Waals surface area contributed by atoms with E-state index in [0.717, 1.165) is 23.5 Å². The van der Waals surface area contributed by atoms with Crippen molar-refractivity contribution in [2.24, 2.45) is 12.8 Å². The Bertz CT molecular complexity index is 567. The molecule has 5 nitrogen and oxygen atoms in total. The molecule has 0 amide bonds. The molecule has 86 valence electrons. The van der Waals surface area contributed by atoms with Gasteiger partial charge in [0.15, 0.2) is 0 Å². The standard InChI is InChI=1S/C11H16N4O/c1-3-8-6-10-14(2)9(4-5-12)7-11(16)15(10)13-8/h6-7H,3-5,12H2,1-2H3. The maximum Gasteiger partial charge on any atom is 0.274 e. The van der Waals surface area contributed by atoms with Gasteiger partial charge in [0.2, 0.25) is 0 Å². The van der Waals surface area contributed by atoms with Crippen molar-refractivity contribution < 1.29 is 0 Å². The lowest BCUT2D eigenvalue weighted by molar-refractivity contribution is 0.752. The number of fused-ring (bicyclic) bond motifs is 1. The molecule has 0 aliphatic carbocycles. The largest absolute Gasteiger partial charge is 0.333 e. The molecular formula is C11H16N4O. The first kappa shape index (κ1) is 10.9. The first-order valence-corrected chi connectivity index (χ1v) is 5.45. The van der Waals surface area contributed by atoms with Crippen LogP contribution in [-0.2, 0) is 19.9 Å². The molecule has 0 unspecified atom stereocenters. The summed E-state index contributed by atoms with van der Waals surface area (Å²) in [6, 6.07) is 3.55. The third kappa shape index (κ3) is 1.63. The number of aryl methyl sites for hydroxylation is 2. The molecule has 0 spiro atoms. The Labute approximate surface area is 93.5 Å². The third-order valence-corrected chi connectivity index (χ3v) is 2.78. The van der Waals surface area contributed by atoms with E-state index in [-0.39, 0.29) is 5.56 Å². The van der Waals surface area contributed by atoms with Gasteiger partial charge in [0.25, 0.3) is 5.56 Å². The molecule has 0 atom stereocenters. The molecule has 2 heterocycles. The molecule has 2 rings (SSSR count). The lowest BCUT2D eigenvalue weighted by Gasteiger charge is -2.08. The quantitative estimate of drug-likeness (QED) is 0.797. The summed E-state index contributed by atoms with van der Waals surface area (Å²) in [5.41, 5.74) is 8.13. The van der Waals surface area contributed by atoms with Crippen LogP contribution in [0.5, 0.6) is 0 Å². The van der Waals surface area contributed by atoms with Gasteiger partial charge in [-0.15, -0.1) is 0 Å². The molecule has 2 aromatic rings. The molecule has 2 N–H and O–H groups in total. The van der Waals surface area contributed by atoms with E-state index in [4.69, 9.17) is 5.73 Å². The maximum atomic E-state index is 11.8. The Morgan fingerprint density at radius 1 is 1.44 bits per heavy atom. The van der Waals surface area contributed by atoms with Gasteiger partial charge in [0.05, 0.1) is 5.69 Å². The molecule has 0 saturated heterocycles. The van der Waals surface area contributed by atoms with Crippen LogP contribution in [0.25, 0.3) is 5.65 Å². The molecule has 0 saturated carbocycles. The van der Waals surface area contributed by atoms with Gasteiger partial charge >= 0.3 is 0 Å². The average Bonchev–Trinajstić information content (AvgIpc) is 2.70. The second-order valence-corrected chi connectivity index (χ2v) is 3.83. The minimum absolute atomic E-state index is 0.0868. The summed E-state index contributed by atoms with van der Waals surface area (Å²) in [5.74, 6) is 0. The van der Waals surface area contributed by atoms with Crippen LogP contribution in [0.4, 0.5) is 0 Å². The fraction of sp³-hybridized carbons (Fsp3) is 0.455. The van der Waals surface area contributed by atoms with Gasteiger partial charge in [-0.2, -0.15) is 9.61 Å². The normalized spacial score (nSPS) is 11.2. The van der Waals surface area contributed by atoms with Gasteiger partial charge in [-0.3, -0.25) is 4.79 Å². The molecule has 16 heavy (non-hydrogen) atoms. The SMILES string of the molecule is CCc1cc2n(C)c(CCN)cc(=O)n2n1. The lowest BCUT2D eigenvalue weighted by atomic mass is 10.3. The van der Waals surface area contributed by atoms with E-state index in [9.17, 15) is 4.79 Å². The lowest BCUT2D eigenvalue weighted by Crippen LogP contribution is -2.21. The highest BCUT2D eigenvalue weighted by Gasteiger charge is 2.08. The fourth-order valence-corrected chi connectivity index (χ4v) is 1.83. The monoisotopic (exact) mass is 220 g/mol. The highest BCUT2D eigenvalue weighted by molar-refractivity contribution is 5.41. The first-order valence-electron chi connectivity index (χ1n) is 5.45. The summed E-state index contributed by atoms with van der Waals surface area (Å²) in [5, 5.41) is 4.24. The van der Waals surface area contributed by atoms with Crippen LogP contribution >= 0.6 is 0 Å². The summed E-state index contributed by atoms with van der Waals surface area (Å²) in [6.45, 7) is 2.56. The third-order valence-electron chi connectivity index (χ3n) is 2.78. The van der Waals surface area contributed by atoms with E-state index in [0.29, 0.717) is 13.0 Å². The number of nitrogens with two attached hydrogens (primary N) is 1. The molecule has 2 aromatic heterocycles. The van der Waals surface area contributed by atoms with Crippen LogP contribution in [0.2, 0.25) is 0 Å². The molecule has 0 aliphatic heterocycles. The summed E-state index contributed by atoms with van der Waals surface area (Å²) in [4.78, 5) is 11.8. The van der Waals surface area contributed by atoms with Crippen molar-refractivity contribution in [2.45, 2.75) is 19.8 Å². The second-order valence-electron chi connectivity index (χ2n) is 3.83. The highest BCUT2D eigenvalue weighted by Crippen LogP contribution is 2.07. The molecule has 5 heteroatoms. The molecule has 0 bridgehead atoms. The Morgan fingerprint density at radius 2 is 2.19 bits per heavy atom. The molecular weight excluding hydrogens is 204 g/mol. The zero-order valence-electron chi connectivity index (χ0n) is 9.60. The Morgan fingerprint density at radius 3 is 2.81 bits per heavy atom. The summed E-state index contributed by atoms with van der Waals surface area (Å²) < 4.78 is 3.42. The summed E-state index contributed by atoms with van der Waals surface area (Å²) in [6.07, 6.45) is 1.53. The summed E-state index contributed by atoms with van der Waals surface area (Å²) >= 11 is 0. The van der Waals surface area contributed by atoms with Gasteiger partial charge in [-0.1, -0.05) is 6.92 Å². The predicted octanol–water partition coefficient (Wildman–Crippen LogP) is 0.0966. The van der Waals surface area contributed by atoms with Crippen LogP contribution in [0.15, 0.2) is 16.9 Å². The van der Waals surface area contributed by atoms with Crippen molar-refractivity contribution in [1.29, 1.82) is 0 Å². The topological polar surface area (TPSA) is 65.3 Å². The highest BCUT2D eigenvalue weighted by atomic mass is 16.1. The zero-order valence-corrected chi connectivity index (χ0v) is 9.60. The van der Waals surface area contributed by atoms with E-state index in [1.165, 1.54) is 4.52 Å². The van der Waals surface area contributed by atoms with Crippen molar-refractivity contribution in [3.63, 3.8) is 0 Å². The number of aromatic nitrogens is 3. The Balaban J connectivity index is 2.72. The van der Waals surface area contributed by atoms with Gasteiger partial charge < -0.3 is 10.3 Å². The van der Waals surface area contributed by atoms with Crippen LogP contribution in [0, 0.1) is 0 Å². The fourth-order valence-electron chi connectivity index (χ4n) is 1.83.